The maximum Gasteiger partial charge on any atom is 0.303 e. The van der Waals surface area contributed by atoms with Crippen molar-refractivity contribution in [2.75, 3.05) is 6.61 Å². The van der Waals surface area contributed by atoms with Crippen molar-refractivity contribution in [3.8, 4) is 0 Å². The average molecular weight is 344 g/mol. The van der Waals surface area contributed by atoms with E-state index in [-0.39, 0.29) is 13.0 Å². The van der Waals surface area contributed by atoms with Crippen LogP contribution in [0.2, 0.25) is 0 Å². The Morgan fingerprint density at radius 2 is 1.67 bits per heavy atom. The van der Waals surface area contributed by atoms with E-state index in [9.17, 15) is 19.5 Å². The van der Waals surface area contributed by atoms with Crippen molar-refractivity contribution in [3.05, 3.63) is 12.7 Å². The van der Waals surface area contributed by atoms with Gasteiger partial charge in [0.2, 0.25) is 0 Å². The van der Waals surface area contributed by atoms with Gasteiger partial charge in [0.1, 0.15) is 6.10 Å². The molecule has 1 fully saturated rings. The van der Waals surface area contributed by atoms with Crippen LogP contribution in [0.3, 0.4) is 0 Å². The van der Waals surface area contributed by atoms with Crippen molar-refractivity contribution in [3.63, 3.8) is 0 Å². The maximum absolute atomic E-state index is 11.4. The zero-order valence-electron chi connectivity index (χ0n) is 14.1. The highest BCUT2D eigenvalue weighted by Gasteiger charge is 2.47. The summed E-state index contributed by atoms with van der Waals surface area (Å²) in [5.41, 5.74) is 0. The molecule has 0 aliphatic carbocycles. The van der Waals surface area contributed by atoms with E-state index >= 15 is 0 Å². The molecule has 1 heterocycles. The molecule has 1 saturated heterocycles. The molecular formula is C16H24O8. The summed E-state index contributed by atoms with van der Waals surface area (Å²) in [6.45, 7) is 7.13. The number of esters is 3. The van der Waals surface area contributed by atoms with Gasteiger partial charge in [0, 0.05) is 27.2 Å². The molecule has 0 aromatic heterocycles. The van der Waals surface area contributed by atoms with Crippen LogP contribution in [0.25, 0.3) is 0 Å². The van der Waals surface area contributed by atoms with Crippen LogP contribution in [0.4, 0.5) is 0 Å². The third-order valence-electron chi connectivity index (χ3n) is 3.40. The Hall–Kier alpha value is -1.93. The third-order valence-corrected chi connectivity index (χ3v) is 3.40. The van der Waals surface area contributed by atoms with Crippen LogP contribution in [0.1, 0.15) is 33.6 Å². The van der Waals surface area contributed by atoms with Crippen molar-refractivity contribution < 1.29 is 38.4 Å². The van der Waals surface area contributed by atoms with Gasteiger partial charge in [-0.25, -0.2) is 0 Å². The molecule has 0 spiro atoms. The van der Waals surface area contributed by atoms with Crippen molar-refractivity contribution >= 4 is 17.9 Å². The van der Waals surface area contributed by atoms with Crippen molar-refractivity contribution in [2.45, 2.75) is 64.1 Å². The molecule has 24 heavy (non-hydrogen) atoms. The summed E-state index contributed by atoms with van der Waals surface area (Å²) in [4.78, 5) is 34.1. The summed E-state index contributed by atoms with van der Waals surface area (Å²) in [6, 6.07) is 0. The van der Waals surface area contributed by atoms with Gasteiger partial charge in [-0.2, -0.15) is 0 Å². The first kappa shape index (κ1) is 20.1. The summed E-state index contributed by atoms with van der Waals surface area (Å²) < 4.78 is 21.2. The Bertz CT molecular complexity index is 475. The maximum atomic E-state index is 11.4. The molecule has 0 amide bonds. The Labute approximate surface area is 140 Å². The van der Waals surface area contributed by atoms with Gasteiger partial charge in [-0.1, -0.05) is 6.08 Å². The number of aliphatic hydroxyl groups is 1. The molecule has 1 N–H and O–H groups in total. The van der Waals surface area contributed by atoms with Gasteiger partial charge in [0.25, 0.3) is 0 Å². The lowest BCUT2D eigenvalue weighted by Crippen LogP contribution is -2.57. The molecular weight excluding hydrogens is 320 g/mol. The third kappa shape index (κ3) is 6.29. The SMILES string of the molecule is C=CCC(O)C[C@H]1OC[C@@H](OC(C)=O)[C@H](OC(C)=O)[C@H]1OC(C)=O. The molecule has 8 nitrogen and oxygen atoms in total. The molecule has 5 atom stereocenters. The second kappa shape index (κ2) is 9.39. The summed E-state index contributed by atoms with van der Waals surface area (Å²) in [5.74, 6) is -1.79. The van der Waals surface area contributed by atoms with Crippen LogP contribution in [0.5, 0.6) is 0 Å². The second-order valence-electron chi connectivity index (χ2n) is 5.58. The van der Waals surface area contributed by atoms with Gasteiger partial charge >= 0.3 is 17.9 Å². The number of ether oxygens (including phenoxy) is 4. The number of rotatable bonds is 7. The van der Waals surface area contributed by atoms with Crippen LogP contribution >= 0.6 is 0 Å². The Morgan fingerprint density at radius 3 is 2.17 bits per heavy atom. The fraction of sp³-hybridized carbons (Fsp3) is 0.688. The number of carbonyl (C=O) groups is 3. The predicted molar refractivity (Wildman–Crippen MR) is 81.8 cm³/mol. The van der Waals surface area contributed by atoms with Gasteiger partial charge in [0.15, 0.2) is 18.3 Å². The highest BCUT2D eigenvalue weighted by Crippen LogP contribution is 2.27. The summed E-state index contributed by atoms with van der Waals surface area (Å²) >= 11 is 0. The zero-order chi connectivity index (χ0) is 18.3. The van der Waals surface area contributed by atoms with Gasteiger partial charge in [0.05, 0.1) is 12.7 Å². The first-order valence-electron chi connectivity index (χ1n) is 7.66. The normalized spacial score (nSPS) is 27.7. The number of hydrogen-bond acceptors (Lipinski definition) is 8. The molecule has 0 aromatic rings. The largest absolute Gasteiger partial charge is 0.456 e. The van der Waals surface area contributed by atoms with E-state index in [4.69, 9.17) is 18.9 Å². The van der Waals surface area contributed by atoms with Gasteiger partial charge in [-0.05, 0) is 6.42 Å². The molecule has 8 heteroatoms. The number of carbonyl (C=O) groups excluding carboxylic acids is 3. The van der Waals surface area contributed by atoms with E-state index in [1.807, 2.05) is 0 Å². The van der Waals surface area contributed by atoms with E-state index < -0.39 is 48.4 Å². The molecule has 1 rings (SSSR count). The number of hydrogen-bond donors (Lipinski definition) is 1. The Morgan fingerprint density at radius 1 is 1.12 bits per heavy atom. The van der Waals surface area contributed by atoms with E-state index in [0.717, 1.165) is 0 Å². The topological polar surface area (TPSA) is 108 Å². The summed E-state index contributed by atoms with van der Waals surface area (Å²) in [6.07, 6.45) is -2.34. The highest BCUT2D eigenvalue weighted by molar-refractivity contribution is 5.68. The smallest absolute Gasteiger partial charge is 0.303 e. The summed E-state index contributed by atoms with van der Waals surface area (Å²) in [7, 11) is 0. The molecule has 0 saturated carbocycles. The molecule has 0 radical (unpaired) electrons. The lowest BCUT2D eigenvalue weighted by atomic mass is 9.94. The lowest BCUT2D eigenvalue weighted by Gasteiger charge is -2.41. The molecule has 1 unspecified atom stereocenters. The van der Waals surface area contributed by atoms with Crippen LogP contribution < -0.4 is 0 Å². The van der Waals surface area contributed by atoms with E-state index in [1.54, 1.807) is 6.08 Å². The molecule has 0 bridgehead atoms. The van der Waals surface area contributed by atoms with Gasteiger partial charge in [-0.3, -0.25) is 14.4 Å². The predicted octanol–water partition coefficient (Wildman–Crippen LogP) is 0.507. The Balaban J connectivity index is 3.00. The average Bonchev–Trinajstić information content (AvgIpc) is 2.44. The standard InChI is InChI=1S/C16H24O8/c1-5-6-12(20)7-13-15(23-10(3)18)16(24-11(4)19)14(8-21-13)22-9(2)17/h5,12-16,20H,1,6-8H2,2-4H3/t12?,13-,14-,15+,16+/m1/s1. The van der Waals surface area contributed by atoms with E-state index in [1.165, 1.54) is 20.8 Å². The zero-order valence-corrected chi connectivity index (χ0v) is 14.1. The van der Waals surface area contributed by atoms with Crippen LogP contribution in [-0.2, 0) is 33.3 Å². The van der Waals surface area contributed by atoms with Crippen LogP contribution in [0.15, 0.2) is 12.7 Å². The minimum absolute atomic E-state index is 0.0409. The molecule has 136 valence electrons. The Kier molecular flexibility index (Phi) is 7.87. The monoisotopic (exact) mass is 344 g/mol. The fourth-order valence-electron chi connectivity index (χ4n) is 2.57. The van der Waals surface area contributed by atoms with E-state index in [0.29, 0.717) is 6.42 Å². The minimum atomic E-state index is -1.01. The van der Waals surface area contributed by atoms with Crippen LogP contribution in [-0.4, -0.2) is 60.1 Å². The van der Waals surface area contributed by atoms with Crippen molar-refractivity contribution in [1.82, 2.24) is 0 Å². The minimum Gasteiger partial charge on any atom is -0.456 e. The highest BCUT2D eigenvalue weighted by atomic mass is 16.6. The lowest BCUT2D eigenvalue weighted by molar-refractivity contribution is -0.228. The number of aliphatic hydroxyl groups excluding tert-OH is 1. The summed E-state index contributed by atoms with van der Waals surface area (Å²) in [5, 5.41) is 9.95. The van der Waals surface area contributed by atoms with Crippen molar-refractivity contribution in [2.24, 2.45) is 0 Å². The molecule has 1 aliphatic heterocycles. The first-order valence-corrected chi connectivity index (χ1v) is 7.66. The van der Waals surface area contributed by atoms with E-state index in [2.05, 4.69) is 6.58 Å². The fourth-order valence-corrected chi connectivity index (χ4v) is 2.57. The second-order valence-corrected chi connectivity index (χ2v) is 5.58. The molecule has 1 aliphatic rings. The van der Waals surface area contributed by atoms with Crippen molar-refractivity contribution in [1.29, 1.82) is 0 Å². The van der Waals surface area contributed by atoms with Crippen LogP contribution in [0, 0.1) is 0 Å². The van der Waals surface area contributed by atoms with Gasteiger partial charge < -0.3 is 24.1 Å². The van der Waals surface area contributed by atoms with Gasteiger partial charge in [-0.15, -0.1) is 6.58 Å². The molecule has 0 aromatic carbocycles. The first-order chi connectivity index (χ1) is 11.2. The quantitative estimate of drug-likeness (QED) is 0.404.